The van der Waals surface area contributed by atoms with Crippen LogP contribution in [0.4, 0.5) is 0 Å². The smallest absolute Gasteiger partial charge is 0.259 e. The van der Waals surface area contributed by atoms with E-state index < -0.39 is 5.92 Å². The van der Waals surface area contributed by atoms with Gasteiger partial charge in [-0.3, -0.25) is 9.78 Å². The molecule has 4 rings (SSSR count). The summed E-state index contributed by atoms with van der Waals surface area (Å²) < 4.78 is 7.36. The third kappa shape index (κ3) is 3.46. The van der Waals surface area contributed by atoms with Crippen molar-refractivity contribution in [2.24, 2.45) is 5.73 Å². The van der Waals surface area contributed by atoms with Gasteiger partial charge >= 0.3 is 0 Å². The van der Waals surface area contributed by atoms with E-state index in [1.807, 2.05) is 55.6 Å². The van der Waals surface area contributed by atoms with E-state index in [4.69, 9.17) is 10.5 Å². The fourth-order valence-electron chi connectivity index (χ4n) is 3.67. The Morgan fingerprint density at radius 3 is 2.67 bits per heavy atom. The number of ether oxygens (including phenoxy) is 1. The van der Waals surface area contributed by atoms with E-state index in [9.17, 15) is 10.1 Å². The number of nitrogens with two attached hydrogens (primary N) is 1. The van der Waals surface area contributed by atoms with Crippen LogP contribution in [0.3, 0.4) is 0 Å². The molecular weight excluding hydrogens is 396 g/mol. The molecule has 2 aromatic heterocycles. The Morgan fingerprint density at radius 1 is 1.27 bits per heavy atom. The first-order valence-electron chi connectivity index (χ1n) is 9.39. The average molecular weight is 417 g/mol. The Labute approximate surface area is 178 Å². The van der Waals surface area contributed by atoms with Crippen LogP contribution < -0.4 is 16.0 Å². The van der Waals surface area contributed by atoms with Gasteiger partial charge in [0.05, 0.1) is 23.7 Å². The second-order valence-corrected chi connectivity index (χ2v) is 7.85. The molecule has 0 bridgehead atoms. The second kappa shape index (κ2) is 8.09. The standard InChI is InChI=1S/C23H20N4O2S/c1-14-11-19-21(23(28)27(14)13-16-5-3-4-10-26-16)20(18(12-24)22(25)29-19)15-6-8-17(30-2)9-7-15/h3-11,20H,13,25H2,1-2H3/t20-/m0/s1. The summed E-state index contributed by atoms with van der Waals surface area (Å²) in [6.07, 6.45) is 3.70. The molecule has 3 heterocycles. The van der Waals surface area contributed by atoms with Gasteiger partial charge in [0.15, 0.2) is 0 Å². The van der Waals surface area contributed by atoms with Crippen molar-refractivity contribution in [3.63, 3.8) is 0 Å². The third-order valence-electron chi connectivity index (χ3n) is 5.19. The number of hydrogen-bond acceptors (Lipinski definition) is 6. The van der Waals surface area contributed by atoms with Gasteiger partial charge in [-0.1, -0.05) is 18.2 Å². The number of aromatic nitrogens is 2. The number of aryl methyl sites for hydroxylation is 1. The molecule has 6 nitrogen and oxygen atoms in total. The van der Waals surface area contributed by atoms with E-state index in [-0.39, 0.29) is 17.0 Å². The summed E-state index contributed by atoms with van der Waals surface area (Å²) in [7, 11) is 0. The Kier molecular flexibility index (Phi) is 5.34. The zero-order valence-electron chi connectivity index (χ0n) is 16.6. The summed E-state index contributed by atoms with van der Waals surface area (Å²) in [5.74, 6) is -0.159. The van der Waals surface area contributed by atoms with Crippen molar-refractivity contribution in [1.82, 2.24) is 9.55 Å². The lowest BCUT2D eigenvalue weighted by atomic mass is 9.84. The first-order valence-corrected chi connectivity index (χ1v) is 10.6. The first kappa shape index (κ1) is 19.8. The highest BCUT2D eigenvalue weighted by Crippen LogP contribution is 2.40. The van der Waals surface area contributed by atoms with E-state index in [0.29, 0.717) is 17.9 Å². The van der Waals surface area contributed by atoms with E-state index in [1.54, 1.807) is 28.6 Å². The Hall–Kier alpha value is -3.50. The first-order chi connectivity index (χ1) is 14.5. The van der Waals surface area contributed by atoms with Gasteiger partial charge in [0.25, 0.3) is 5.56 Å². The number of benzene rings is 1. The maximum atomic E-state index is 13.6. The van der Waals surface area contributed by atoms with Crippen LogP contribution in [0, 0.1) is 18.3 Å². The van der Waals surface area contributed by atoms with Crippen molar-refractivity contribution < 1.29 is 4.74 Å². The van der Waals surface area contributed by atoms with Gasteiger partial charge in [-0.25, -0.2) is 0 Å². The van der Waals surface area contributed by atoms with E-state index in [1.165, 1.54) is 0 Å². The quantitative estimate of drug-likeness (QED) is 0.654. The zero-order valence-corrected chi connectivity index (χ0v) is 17.4. The molecule has 0 amide bonds. The topological polar surface area (TPSA) is 93.9 Å². The van der Waals surface area contributed by atoms with Gasteiger partial charge < -0.3 is 15.0 Å². The summed E-state index contributed by atoms with van der Waals surface area (Å²) >= 11 is 1.63. The molecule has 1 aliphatic heterocycles. The molecule has 0 fully saturated rings. The molecular formula is C23H20N4O2S. The molecule has 3 aromatic rings. The molecule has 1 aromatic carbocycles. The largest absolute Gasteiger partial charge is 0.440 e. The van der Waals surface area contributed by atoms with Crippen LogP contribution >= 0.6 is 11.8 Å². The fraction of sp³-hybridized carbons (Fsp3) is 0.174. The molecule has 0 saturated carbocycles. The van der Waals surface area contributed by atoms with Gasteiger partial charge in [-0.2, -0.15) is 5.26 Å². The van der Waals surface area contributed by atoms with Crippen LogP contribution in [0.2, 0.25) is 0 Å². The summed E-state index contributed by atoms with van der Waals surface area (Å²) in [5.41, 5.74) is 8.83. The van der Waals surface area contributed by atoms with Crippen LogP contribution in [-0.2, 0) is 6.54 Å². The molecule has 0 radical (unpaired) electrons. The van der Waals surface area contributed by atoms with E-state index in [2.05, 4.69) is 11.1 Å². The lowest BCUT2D eigenvalue weighted by Crippen LogP contribution is -2.33. The molecule has 0 unspecified atom stereocenters. The van der Waals surface area contributed by atoms with Crippen LogP contribution in [0.15, 0.2) is 75.9 Å². The predicted octanol–water partition coefficient (Wildman–Crippen LogP) is 3.54. The van der Waals surface area contributed by atoms with Crippen LogP contribution in [0.25, 0.3) is 0 Å². The SMILES string of the molecule is CSc1ccc([C@H]2C(C#N)=C(N)Oc3cc(C)n(Cc4ccccn4)c(=O)c32)cc1. The van der Waals surface area contributed by atoms with Crippen molar-refractivity contribution in [1.29, 1.82) is 5.26 Å². The molecule has 7 heteroatoms. The van der Waals surface area contributed by atoms with Crippen molar-refractivity contribution in [3.8, 4) is 11.8 Å². The van der Waals surface area contributed by atoms with Crippen LogP contribution in [0.1, 0.15) is 28.4 Å². The number of hydrogen-bond donors (Lipinski definition) is 1. The van der Waals surface area contributed by atoms with Gasteiger partial charge in [0, 0.05) is 22.9 Å². The lowest BCUT2D eigenvalue weighted by molar-refractivity contribution is 0.389. The molecule has 1 aliphatic rings. The van der Waals surface area contributed by atoms with Crippen LogP contribution in [-0.4, -0.2) is 15.8 Å². The minimum Gasteiger partial charge on any atom is -0.440 e. The minimum atomic E-state index is -0.585. The Balaban J connectivity index is 1.90. The predicted molar refractivity (Wildman–Crippen MR) is 116 cm³/mol. The molecule has 2 N–H and O–H groups in total. The third-order valence-corrected chi connectivity index (χ3v) is 5.93. The summed E-state index contributed by atoms with van der Waals surface area (Å²) in [5, 5.41) is 9.78. The van der Waals surface area contributed by atoms with Gasteiger partial charge in [-0.15, -0.1) is 11.8 Å². The Morgan fingerprint density at radius 2 is 2.03 bits per heavy atom. The van der Waals surface area contributed by atoms with Gasteiger partial charge in [0.2, 0.25) is 5.88 Å². The zero-order chi connectivity index (χ0) is 21.3. The molecule has 0 aliphatic carbocycles. The average Bonchev–Trinajstić information content (AvgIpc) is 2.76. The number of rotatable bonds is 4. The fourth-order valence-corrected chi connectivity index (χ4v) is 4.07. The second-order valence-electron chi connectivity index (χ2n) is 6.97. The number of nitrogens with zero attached hydrogens (tertiary/aromatic N) is 3. The molecule has 150 valence electrons. The lowest BCUT2D eigenvalue weighted by Gasteiger charge is -2.27. The van der Waals surface area contributed by atoms with Gasteiger partial charge in [-0.05, 0) is 43.0 Å². The van der Waals surface area contributed by atoms with E-state index in [0.717, 1.165) is 21.8 Å². The monoisotopic (exact) mass is 416 g/mol. The molecule has 0 saturated heterocycles. The normalized spacial score (nSPS) is 15.3. The van der Waals surface area contributed by atoms with Gasteiger partial charge in [0.1, 0.15) is 17.4 Å². The van der Waals surface area contributed by atoms with E-state index >= 15 is 0 Å². The van der Waals surface area contributed by atoms with Crippen molar-refractivity contribution in [2.75, 3.05) is 6.26 Å². The summed E-state index contributed by atoms with van der Waals surface area (Å²) in [4.78, 5) is 19.0. The highest BCUT2D eigenvalue weighted by atomic mass is 32.2. The number of allylic oxidation sites excluding steroid dienone is 1. The Bertz CT molecular complexity index is 1230. The minimum absolute atomic E-state index is 0.0326. The molecule has 30 heavy (non-hydrogen) atoms. The number of pyridine rings is 2. The number of nitriles is 1. The van der Waals surface area contributed by atoms with Crippen LogP contribution in [0.5, 0.6) is 5.75 Å². The maximum absolute atomic E-state index is 13.6. The maximum Gasteiger partial charge on any atom is 0.259 e. The molecule has 0 spiro atoms. The molecule has 1 atom stereocenters. The van der Waals surface area contributed by atoms with Crippen molar-refractivity contribution >= 4 is 11.8 Å². The summed E-state index contributed by atoms with van der Waals surface area (Å²) in [6.45, 7) is 2.17. The number of thioether (sulfide) groups is 1. The number of fused-ring (bicyclic) bond motifs is 1. The van der Waals surface area contributed by atoms with Crippen molar-refractivity contribution in [3.05, 3.63) is 99.1 Å². The summed E-state index contributed by atoms with van der Waals surface area (Å²) in [6, 6.07) is 17.3. The highest BCUT2D eigenvalue weighted by molar-refractivity contribution is 7.98. The van der Waals surface area contributed by atoms with Crippen molar-refractivity contribution in [2.45, 2.75) is 24.3 Å². The highest BCUT2D eigenvalue weighted by Gasteiger charge is 2.34.